The lowest BCUT2D eigenvalue weighted by molar-refractivity contribution is 0.566. The van der Waals surface area contributed by atoms with E-state index in [2.05, 4.69) is 71.1 Å². The third-order valence-corrected chi connectivity index (χ3v) is 4.75. The molecule has 0 spiro atoms. The highest BCUT2D eigenvalue weighted by Crippen LogP contribution is 2.22. The average molecular weight is 345 g/mol. The first-order valence-corrected chi connectivity index (χ1v) is 9.05. The number of imidazole rings is 1. The van der Waals surface area contributed by atoms with Crippen LogP contribution in [0.3, 0.4) is 0 Å². The molecular weight excluding hydrogens is 322 g/mol. The van der Waals surface area contributed by atoms with Crippen LogP contribution in [0.2, 0.25) is 0 Å². The molecule has 5 nitrogen and oxygen atoms in total. The van der Waals surface area contributed by atoms with Gasteiger partial charge in [-0.3, -0.25) is 0 Å². The summed E-state index contributed by atoms with van der Waals surface area (Å²) < 4.78 is 4.18. The maximum absolute atomic E-state index is 4.92. The van der Waals surface area contributed by atoms with Crippen LogP contribution in [0.15, 0.2) is 55.0 Å². The summed E-state index contributed by atoms with van der Waals surface area (Å²) in [5.41, 5.74) is 5.43. The summed E-state index contributed by atoms with van der Waals surface area (Å²) in [6.45, 7) is 6.44. The van der Waals surface area contributed by atoms with E-state index in [1.54, 1.807) is 6.33 Å². The van der Waals surface area contributed by atoms with Gasteiger partial charge in [-0.15, -0.1) is 0 Å². The zero-order valence-electron chi connectivity index (χ0n) is 15.4. The van der Waals surface area contributed by atoms with Gasteiger partial charge in [0.05, 0.1) is 5.69 Å². The van der Waals surface area contributed by atoms with Gasteiger partial charge < -0.3 is 4.57 Å². The van der Waals surface area contributed by atoms with Gasteiger partial charge in [0.25, 0.3) is 0 Å². The lowest BCUT2D eigenvalue weighted by Gasteiger charge is -2.11. The van der Waals surface area contributed by atoms with Gasteiger partial charge in [-0.1, -0.05) is 36.4 Å². The highest BCUT2D eigenvalue weighted by molar-refractivity contribution is 5.58. The number of aromatic nitrogens is 5. The topological polar surface area (TPSA) is 48.0 Å². The van der Waals surface area contributed by atoms with E-state index < -0.39 is 0 Å². The van der Waals surface area contributed by atoms with E-state index in [1.807, 2.05) is 17.5 Å². The Hall–Kier alpha value is -2.95. The molecule has 132 valence electrons. The van der Waals surface area contributed by atoms with E-state index in [0.29, 0.717) is 6.04 Å². The highest BCUT2D eigenvalue weighted by Gasteiger charge is 2.13. The van der Waals surface area contributed by atoms with Gasteiger partial charge >= 0.3 is 0 Å². The Kier molecular flexibility index (Phi) is 4.29. The molecule has 0 aliphatic carbocycles. The molecule has 0 fully saturated rings. The van der Waals surface area contributed by atoms with Crippen LogP contribution in [-0.2, 0) is 12.8 Å². The van der Waals surface area contributed by atoms with Crippen molar-refractivity contribution in [2.75, 3.05) is 0 Å². The van der Waals surface area contributed by atoms with Crippen LogP contribution in [0.5, 0.6) is 0 Å². The van der Waals surface area contributed by atoms with E-state index in [4.69, 9.17) is 4.98 Å². The van der Waals surface area contributed by atoms with Gasteiger partial charge in [-0.2, -0.15) is 5.10 Å². The molecule has 0 saturated carbocycles. The Bertz CT molecular complexity index is 1030. The number of hydrogen-bond donors (Lipinski definition) is 0. The normalized spacial score (nSPS) is 11.5. The van der Waals surface area contributed by atoms with Crippen LogP contribution in [0.25, 0.3) is 16.9 Å². The first-order valence-electron chi connectivity index (χ1n) is 9.05. The summed E-state index contributed by atoms with van der Waals surface area (Å²) in [5, 5.41) is 4.31. The van der Waals surface area contributed by atoms with Gasteiger partial charge in [-0.05, 0) is 38.8 Å². The third kappa shape index (κ3) is 3.01. The molecule has 3 heterocycles. The van der Waals surface area contributed by atoms with Crippen molar-refractivity contribution in [1.29, 1.82) is 0 Å². The summed E-state index contributed by atoms with van der Waals surface area (Å²) in [4.78, 5) is 9.35. The Morgan fingerprint density at radius 1 is 1.00 bits per heavy atom. The summed E-state index contributed by atoms with van der Waals surface area (Å²) in [6, 6.07) is 15.0. The van der Waals surface area contributed by atoms with E-state index in [0.717, 1.165) is 41.3 Å². The molecule has 0 aliphatic rings. The quantitative estimate of drug-likeness (QED) is 0.543. The Balaban J connectivity index is 1.64. The molecule has 26 heavy (non-hydrogen) atoms. The van der Waals surface area contributed by atoms with Crippen molar-refractivity contribution < 1.29 is 0 Å². The van der Waals surface area contributed by atoms with Gasteiger partial charge in [0, 0.05) is 29.9 Å². The summed E-state index contributed by atoms with van der Waals surface area (Å²) >= 11 is 0. The Labute approximate surface area is 153 Å². The fourth-order valence-corrected chi connectivity index (χ4v) is 3.34. The number of nitrogens with zero attached hydrogens (tertiary/aromatic N) is 5. The molecule has 0 N–H and O–H groups in total. The lowest BCUT2D eigenvalue weighted by Crippen LogP contribution is -2.07. The molecule has 4 aromatic rings. The monoisotopic (exact) mass is 345 g/mol. The van der Waals surface area contributed by atoms with Crippen LogP contribution in [0, 0.1) is 6.92 Å². The second-order valence-corrected chi connectivity index (χ2v) is 6.90. The van der Waals surface area contributed by atoms with Gasteiger partial charge in [0.1, 0.15) is 12.2 Å². The van der Waals surface area contributed by atoms with E-state index >= 15 is 0 Å². The van der Waals surface area contributed by atoms with E-state index in [-0.39, 0.29) is 0 Å². The van der Waals surface area contributed by atoms with Gasteiger partial charge in [0.2, 0.25) is 0 Å². The van der Waals surface area contributed by atoms with Crippen molar-refractivity contribution in [2.24, 2.45) is 0 Å². The molecule has 0 atom stereocenters. The molecule has 0 bridgehead atoms. The number of fused-ring (bicyclic) bond motifs is 1. The number of pyridine rings is 1. The zero-order chi connectivity index (χ0) is 18.1. The van der Waals surface area contributed by atoms with Crippen molar-refractivity contribution in [3.63, 3.8) is 0 Å². The number of rotatable bonds is 5. The molecule has 4 rings (SSSR count). The number of benzene rings is 1. The maximum atomic E-state index is 4.92. The second kappa shape index (κ2) is 6.75. The van der Waals surface area contributed by atoms with Gasteiger partial charge in [0.15, 0.2) is 5.65 Å². The predicted octanol–water partition coefficient (Wildman–Crippen LogP) is 4.27. The minimum absolute atomic E-state index is 0.376. The smallest absolute Gasteiger partial charge is 0.158 e. The van der Waals surface area contributed by atoms with Crippen molar-refractivity contribution in [1.82, 2.24) is 24.1 Å². The van der Waals surface area contributed by atoms with Crippen LogP contribution in [-0.4, -0.2) is 24.1 Å². The number of hydrogen-bond acceptors (Lipinski definition) is 3. The molecule has 0 unspecified atom stereocenters. The second-order valence-electron chi connectivity index (χ2n) is 6.90. The summed E-state index contributed by atoms with van der Waals surface area (Å²) in [5.74, 6) is 1.11. The predicted molar refractivity (Wildman–Crippen MR) is 103 cm³/mol. The van der Waals surface area contributed by atoms with Crippen molar-refractivity contribution >= 4 is 5.65 Å². The summed E-state index contributed by atoms with van der Waals surface area (Å²) in [6.07, 6.45) is 5.54. The molecule has 5 heteroatoms. The van der Waals surface area contributed by atoms with Crippen molar-refractivity contribution in [3.8, 4) is 11.3 Å². The molecule has 3 aromatic heterocycles. The first kappa shape index (κ1) is 16.5. The van der Waals surface area contributed by atoms with Gasteiger partial charge in [-0.25, -0.2) is 14.5 Å². The maximum Gasteiger partial charge on any atom is 0.158 e. The average Bonchev–Trinajstić information content (AvgIpc) is 3.30. The molecule has 0 radical (unpaired) electrons. The van der Waals surface area contributed by atoms with E-state index in [1.165, 1.54) is 5.56 Å². The van der Waals surface area contributed by atoms with Crippen LogP contribution in [0.4, 0.5) is 0 Å². The standard InChI is InChI=1S/C21H23N5/c1-15(2)25-13-19(17-7-5-4-6-8-17)24-20(25)12-11-18-10-9-16(3)26-21(18)22-14-23-26/h4-10,13-15H,11-12H2,1-3H3. The Morgan fingerprint density at radius 2 is 1.81 bits per heavy atom. The van der Waals surface area contributed by atoms with Crippen molar-refractivity contribution in [2.45, 2.75) is 39.7 Å². The lowest BCUT2D eigenvalue weighted by atomic mass is 10.1. The fourth-order valence-electron chi connectivity index (χ4n) is 3.34. The molecular formula is C21H23N5. The highest BCUT2D eigenvalue weighted by atomic mass is 15.3. The SMILES string of the molecule is Cc1ccc(CCc2nc(-c3ccccc3)cn2C(C)C)c2ncnn12. The molecule has 0 amide bonds. The largest absolute Gasteiger partial charge is 0.332 e. The summed E-state index contributed by atoms with van der Waals surface area (Å²) in [7, 11) is 0. The number of aryl methyl sites for hydroxylation is 3. The van der Waals surface area contributed by atoms with Crippen molar-refractivity contribution in [3.05, 3.63) is 72.1 Å². The third-order valence-electron chi connectivity index (χ3n) is 4.75. The van der Waals surface area contributed by atoms with Crippen LogP contribution < -0.4 is 0 Å². The first-order chi connectivity index (χ1) is 12.6. The Morgan fingerprint density at radius 3 is 2.58 bits per heavy atom. The fraction of sp³-hybridized carbons (Fsp3) is 0.286. The van der Waals surface area contributed by atoms with E-state index in [9.17, 15) is 0 Å². The zero-order valence-corrected chi connectivity index (χ0v) is 15.4. The minimum Gasteiger partial charge on any atom is -0.332 e. The van der Waals surface area contributed by atoms with Crippen LogP contribution in [0.1, 0.15) is 37.0 Å². The molecule has 0 saturated heterocycles. The van der Waals surface area contributed by atoms with Crippen LogP contribution >= 0.6 is 0 Å². The minimum atomic E-state index is 0.376. The molecule has 1 aromatic carbocycles. The molecule has 0 aliphatic heterocycles.